The first-order valence-corrected chi connectivity index (χ1v) is 6.28. The van der Waals surface area contributed by atoms with Gasteiger partial charge >= 0.3 is 0 Å². The van der Waals surface area contributed by atoms with Crippen molar-refractivity contribution in [2.75, 3.05) is 12.4 Å². The number of carbonyl (C=O) groups excluding carboxylic acids is 1. The van der Waals surface area contributed by atoms with Gasteiger partial charge in [-0.05, 0) is 25.0 Å². The Morgan fingerprint density at radius 2 is 2.10 bits per heavy atom. The molecule has 1 saturated carbocycles. The summed E-state index contributed by atoms with van der Waals surface area (Å²) in [5, 5.41) is 6.17. The number of hydrogen-bond donors (Lipinski definition) is 1. The minimum atomic E-state index is -1.07. The lowest BCUT2D eigenvalue weighted by Crippen LogP contribution is -2.09. The van der Waals surface area contributed by atoms with Gasteiger partial charge in [0.05, 0.1) is 17.4 Å². The number of hydrogen-bond acceptors (Lipinski definition) is 4. The third-order valence-corrected chi connectivity index (χ3v) is 3.38. The van der Waals surface area contributed by atoms with Crippen molar-refractivity contribution in [2.24, 2.45) is 0 Å². The van der Waals surface area contributed by atoms with Crippen molar-refractivity contribution in [1.29, 1.82) is 0 Å². The van der Waals surface area contributed by atoms with Gasteiger partial charge in [0.25, 0.3) is 0 Å². The monoisotopic (exact) mass is 278 g/mol. The Morgan fingerprint density at radius 3 is 2.75 bits per heavy atom. The van der Waals surface area contributed by atoms with Gasteiger partial charge in [0, 0.05) is 18.5 Å². The zero-order valence-electron chi connectivity index (χ0n) is 10.7. The first kappa shape index (κ1) is 12.8. The van der Waals surface area contributed by atoms with Crippen LogP contribution in [-0.4, -0.2) is 18.0 Å². The van der Waals surface area contributed by atoms with E-state index in [1.165, 1.54) is 19.3 Å². The van der Waals surface area contributed by atoms with Gasteiger partial charge in [0.15, 0.2) is 23.2 Å². The molecular weight excluding hydrogens is 266 g/mol. The van der Waals surface area contributed by atoms with Crippen molar-refractivity contribution >= 4 is 11.5 Å². The van der Waals surface area contributed by atoms with E-state index < -0.39 is 17.4 Å². The highest BCUT2D eigenvalue weighted by molar-refractivity contribution is 6.12. The fourth-order valence-electron chi connectivity index (χ4n) is 2.19. The van der Waals surface area contributed by atoms with Crippen molar-refractivity contribution in [2.45, 2.75) is 18.8 Å². The number of anilines is 1. The minimum Gasteiger partial charge on any atom is -0.385 e. The molecule has 1 aliphatic carbocycles. The summed E-state index contributed by atoms with van der Waals surface area (Å²) in [6.07, 6.45) is 3.23. The average molecular weight is 278 g/mol. The molecule has 1 fully saturated rings. The van der Waals surface area contributed by atoms with Crippen LogP contribution in [0.3, 0.4) is 0 Å². The number of carbonyl (C=O) groups is 1. The molecule has 1 aromatic heterocycles. The lowest BCUT2D eigenvalue weighted by Gasteiger charge is -2.09. The molecular formula is C14H12F2N2O2. The number of ketones is 1. The lowest BCUT2D eigenvalue weighted by atomic mass is 10.0. The lowest BCUT2D eigenvalue weighted by molar-refractivity contribution is 0.103. The molecule has 0 spiro atoms. The molecule has 2 aromatic rings. The van der Waals surface area contributed by atoms with Gasteiger partial charge in [-0.2, -0.15) is 0 Å². The molecule has 0 bridgehead atoms. The van der Waals surface area contributed by atoms with E-state index in [1.54, 1.807) is 0 Å². The maximum Gasteiger partial charge on any atom is 0.200 e. The van der Waals surface area contributed by atoms with Gasteiger partial charge in [0.2, 0.25) is 0 Å². The summed E-state index contributed by atoms with van der Waals surface area (Å²) >= 11 is 0. The molecule has 1 heterocycles. The summed E-state index contributed by atoms with van der Waals surface area (Å²) in [6.45, 7) is 0. The zero-order valence-corrected chi connectivity index (χ0v) is 10.7. The molecule has 1 aliphatic rings. The summed E-state index contributed by atoms with van der Waals surface area (Å²) in [7, 11) is 1.43. The van der Waals surface area contributed by atoms with Gasteiger partial charge in [-0.15, -0.1) is 0 Å². The summed E-state index contributed by atoms with van der Waals surface area (Å²) in [5.74, 6) is -1.75. The Labute approximate surface area is 113 Å². The standard InChI is InChI=1S/C14H12F2N2O2/c1-17-12-8(4-5-10(15)11(12)16)13(19)9-6-18-20-14(9)7-2-3-7/h4-7,17H,2-3H2,1H3. The van der Waals surface area contributed by atoms with Gasteiger partial charge < -0.3 is 9.84 Å². The molecule has 6 heteroatoms. The van der Waals surface area contributed by atoms with E-state index in [0.717, 1.165) is 18.9 Å². The largest absolute Gasteiger partial charge is 0.385 e. The van der Waals surface area contributed by atoms with E-state index in [1.807, 2.05) is 0 Å². The van der Waals surface area contributed by atoms with Crippen LogP contribution in [0, 0.1) is 11.6 Å². The first-order chi connectivity index (χ1) is 9.63. The predicted octanol–water partition coefficient (Wildman–Crippen LogP) is 3.10. The van der Waals surface area contributed by atoms with E-state index in [9.17, 15) is 13.6 Å². The number of nitrogens with zero attached hydrogens (tertiary/aromatic N) is 1. The summed E-state index contributed by atoms with van der Waals surface area (Å²) < 4.78 is 32.0. The van der Waals surface area contributed by atoms with Gasteiger partial charge in [0.1, 0.15) is 0 Å². The van der Waals surface area contributed by atoms with Gasteiger partial charge in [-0.25, -0.2) is 8.78 Å². The molecule has 0 saturated heterocycles. The third-order valence-electron chi connectivity index (χ3n) is 3.38. The number of rotatable bonds is 4. The maximum absolute atomic E-state index is 13.7. The van der Waals surface area contributed by atoms with E-state index in [0.29, 0.717) is 11.3 Å². The first-order valence-electron chi connectivity index (χ1n) is 6.28. The Bertz CT molecular complexity index is 678. The van der Waals surface area contributed by atoms with Crippen LogP contribution in [0.25, 0.3) is 0 Å². The SMILES string of the molecule is CNc1c(C(=O)c2cnoc2C2CC2)ccc(F)c1F. The van der Waals surface area contributed by atoms with Crippen molar-refractivity contribution in [3.63, 3.8) is 0 Å². The molecule has 0 aliphatic heterocycles. The van der Waals surface area contributed by atoms with Crippen LogP contribution in [0.1, 0.15) is 40.4 Å². The van der Waals surface area contributed by atoms with Crippen molar-refractivity contribution in [1.82, 2.24) is 5.16 Å². The molecule has 0 unspecified atom stereocenters. The van der Waals surface area contributed by atoms with Crippen LogP contribution < -0.4 is 5.32 Å². The molecule has 1 N–H and O–H groups in total. The Morgan fingerprint density at radius 1 is 1.35 bits per heavy atom. The van der Waals surface area contributed by atoms with Crippen molar-refractivity contribution in [3.05, 3.63) is 46.9 Å². The summed E-state index contributed by atoms with van der Waals surface area (Å²) in [4.78, 5) is 12.5. The molecule has 0 radical (unpaired) electrons. The van der Waals surface area contributed by atoms with Crippen LogP contribution in [0.5, 0.6) is 0 Å². The predicted molar refractivity (Wildman–Crippen MR) is 67.8 cm³/mol. The second-order valence-corrected chi connectivity index (χ2v) is 4.74. The van der Waals surface area contributed by atoms with E-state index in [-0.39, 0.29) is 17.2 Å². The number of benzene rings is 1. The van der Waals surface area contributed by atoms with Crippen LogP contribution in [0.4, 0.5) is 14.5 Å². The Kier molecular flexibility index (Phi) is 3.00. The van der Waals surface area contributed by atoms with Crippen LogP contribution >= 0.6 is 0 Å². The van der Waals surface area contributed by atoms with E-state index in [2.05, 4.69) is 10.5 Å². The molecule has 3 rings (SSSR count). The molecule has 20 heavy (non-hydrogen) atoms. The molecule has 1 aromatic carbocycles. The van der Waals surface area contributed by atoms with E-state index in [4.69, 9.17) is 4.52 Å². The fraction of sp³-hybridized carbons (Fsp3) is 0.286. The number of halogens is 2. The maximum atomic E-state index is 13.7. The third kappa shape index (κ3) is 1.97. The highest BCUT2D eigenvalue weighted by atomic mass is 19.2. The molecule has 104 valence electrons. The van der Waals surface area contributed by atoms with Gasteiger partial charge in [-0.3, -0.25) is 4.79 Å². The smallest absolute Gasteiger partial charge is 0.200 e. The fourth-order valence-corrected chi connectivity index (χ4v) is 2.19. The summed E-state index contributed by atoms with van der Waals surface area (Å²) in [6, 6.07) is 2.20. The average Bonchev–Trinajstić information content (AvgIpc) is 3.18. The molecule has 4 nitrogen and oxygen atoms in total. The van der Waals surface area contributed by atoms with Crippen LogP contribution in [-0.2, 0) is 0 Å². The Hall–Kier alpha value is -2.24. The second-order valence-electron chi connectivity index (χ2n) is 4.74. The van der Waals surface area contributed by atoms with Crippen molar-refractivity contribution < 1.29 is 18.1 Å². The number of nitrogens with one attached hydrogen (secondary N) is 1. The summed E-state index contributed by atoms with van der Waals surface area (Å²) in [5.41, 5.74) is 0.226. The zero-order chi connectivity index (χ0) is 14.3. The number of aromatic nitrogens is 1. The molecule has 0 atom stereocenters. The van der Waals surface area contributed by atoms with Crippen molar-refractivity contribution in [3.8, 4) is 0 Å². The minimum absolute atomic E-state index is 0.0662. The normalized spacial score (nSPS) is 14.3. The second kappa shape index (κ2) is 4.70. The highest BCUT2D eigenvalue weighted by Gasteiger charge is 2.33. The Balaban J connectivity index is 2.06. The topological polar surface area (TPSA) is 55.1 Å². The van der Waals surface area contributed by atoms with Crippen LogP contribution in [0.2, 0.25) is 0 Å². The van der Waals surface area contributed by atoms with Crippen LogP contribution in [0.15, 0.2) is 22.9 Å². The van der Waals surface area contributed by atoms with E-state index >= 15 is 0 Å². The molecule has 0 amide bonds. The highest BCUT2D eigenvalue weighted by Crippen LogP contribution is 2.42. The van der Waals surface area contributed by atoms with Gasteiger partial charge in [-0.1, -0.05) is 5.16 Å². The quantitative estimate of drug-likeness (QED) is 0.873.